The molecule has 0 aromatic heterocycles. The minimum Gasteiger partial charge on any atom is -0.483 e. The maximum absolute atomic E-state index is 9.39. The Morgan fingerprint density at radius 3 is 2.17 bits per heavy atom. The number of carbonyl (C=O) groups is 1. The van der Waals surface area contributed by atoms with Crippen LogP contribution in [0.2, 0.25) is 0 Å². The van der Waals surface area contributed by atoms with E-state index >= 15 is 0 Å². The summed E-state index contributed by atoms with van der Waals surface area (Å²) < 4.78 is 4.36. The third-order valence-corrected chi connectivity index (χ3v) is 0.328. The topological polar surface area (TPSA) is 26.3 Å². The van der Waals surface area contributed by atoms with Gasteiger partial charge in [-0.15, -0.1) is 0 Å². The SMILES string of the molecule is BC(B)OC=O. The van der Waals surface area contributed by atoms with Crippen LogP contribution >= 0.6 is 0 Å². The van der Waals surface area contributed by atoms with Gasteiger partial charge < -0.3 is 4.74 Å². The van der Waals surface area contributed by atoms with Crippen molar-refractivity contribution in [2.75, 3.05) is 0 Å². The highest BCUT2D eigenvalue weighted by Crippen LogP contribution is 1.66. The van der Waals surface area contributed by atoms with Crippen LogP contribution in [0.15, 0.2) is 0 Å². The standard InChI is InChI=1S/C2H6B2O2/c3-2(4)6-1-5/h1-2H,3-4H2. The van der Waals surface area contributed by atoms with Gasteiger partial charge in [0.15, 0.2) is 0 Å². The number of hydrogen-bond donors (Lipinski definition) is 0. The lowest BCUT2D eigenvalue weighted by molar-refractivity contribution is -0.128. The lowest BCUT2D eigenvalue weighted by atomic mass is 9.82. The number of carbonyl (C=O) groups excluding carboxylic acids is 1. The largest absolute Gasteiger partial charge is 0.483 e. The zero-order valence-electron chi connectivity index (χ0n) is 3.97. The Labute approximate surface area is 38.7 Å². The van der Waals surface area contributed by atoms with Crippen molar-refractivity contribution in [3.05, 3.63) is 0 Å². The molecule has 0 saturated carbocycles. The van der Waals surface area contributed by atoms with Gasteiger partial charge in [0.25, 0.3) is 6.47 Å². The molecule has 32 valence electrons. The lowest BCUT2D eigenvalue weighted by Crippen LogP contribution is -2.09. The zero-order chi connectivity index (χ0) is 4.99. The van der Waals surface area contributed by atoms with E-state index in [4.69, 9.17) is 0 Å². The molecule has 0 aliphatic carbocycles. The monoisotopic (exact) mass is 84.1 g/mol. The molecule has 0 aromatic rings. The summed E-state index contributed by atoms with van der Waals surface area (Å²) >= 11 is 0. The van der Waals surface area contributed by atoms with E-state index in [1.165, 1.54) is 0 Å². The molecule has 0 unspecified atom stereocenters. The van der Waals surface area contributed by atoms with E-state index in [-0.39, 0.29) is 5.90 Å². The van der Waals surface area contributed by atoms with Crippen molar-refractivity contribution in [3.63, 3.8) is 0 Å². The van der Waals surface area contributed by atoms with E-state index in [2.05, 4.69) is 4.74 Å². The van der Waals surface area contributed by atoms with E-state index in [9.17, 15) is 4.79 Å². The fourth-order valence-electron chi connectivity index (χ4n) is 0.111. The molecule has 0 radical (unpaired) electrons. The molecule has 0 heterocycles. The average molecular weight is 83.7 g/mol. The molecule has 0 bridgehead atoms. The average Bonchev–Trinajstić information content (AvgIpc) is 1.35. The van der Waals surface area contributed by atoms with Crippen molar-refractivity contribution in [2.24, 2.45) is 0 Å². The zero-order valence-corrected chi connectivity index (χ0v) is 3.97. The Morgan fingerprint density at radius 1 is 1.67 bits per heavy atom. The summed E-state index contributed by atoms with van der Waals surface area (Å²) in [6.45, 7) is 0.449. The van der Waals surface area contributed by atoms with Crippen LogP contribution in [0.25, 0.3) is 0 Å². The second-order valence-corrected chi connectivity index (χ2v) is 1.28. The molecule has 4 heteroatoms. The molecule has 0 saturated heterocycles. The Kier molecular flexibility index (Phi) is 2.63. The van der Waals surface area contributed by atoms with Gasteiger partial charge in [0.2, 0.25) is 0 Å². The van der Waals surface area contributed by atoms with E-state index in [1.807, 2.05) is 0 Å². The van der Waals surface area contributed by atoms with Gasteiger partial charge in [-0.2, -0.15) is 0 Å². The minimum absolute atomic E-state index is 0.0301. The normalized spacial score (nSPS) is 8.17. The van der Waals surface area contributed by atoms with Crippen molar-refractivity contribution in [1.29, 1.82) is 0 Å². The molecule has 6 heavy (non-hydrogen) atoms. The van der Waals surface area contributed by atoms with Crippen LogP contribution in [0.4, 0.5) is 0 Å². The first kappa shape index (κ1) is 5.60. The van der Waals surface area contributed by atoms with Crippen molar-refractivity contribution in [2.45, 2.75) is 5.90 Å². The first-order valence-corrected chi connectivity index (χ1v) is 1.86. The molecule has 2 nitrogen and oxygen atoms in total. The van der Waals surface area contributed by atoms with Gasteiger partial charge in [0.05, 0.1) is 0 Å². The summed E-state index contributed by atoms with van der Waals surface area (Å²) in [6, 6.07) is 0. The van der Waals surface area contributed by atoms with Gasteiger partial charge in [0.1, 0.15) is 15.7 Å². The summed E-state index contributed by atoms with van der Waals surface area (Å²) in [5, 5.41) is 0. The van der Waals surface area contributed by atoms with E-state index in [1.54, 1.807) is 15.7 Å². The van der Waals surface area contributed by atoms with Crippen molar-refractivity contribution in [1.82, 2.24) is 0 Å². The van der Waals surface area contributed by atoms with Gasteiger partial charge in [-0.3, -0.25) is 4.79 Å². The molecule has 0 fully saturated rings. The smallest absolute Gasteiger partial charge is 0.291 e. The molecule has 0 aromatic carbocycles. The van der Waals surface area contributed by atoms with Gasteiger partial charge in [-0.1, -0.05) is 0 Å². The van der Waals surface area contributed by atoms with E-state index in [0.29, 0.717) is 6.47 Å². The summed E-state index contributed by atoms with van der Waals surface area (Å²) in [4.78, 5) is 9.39. The third-order valence-electron chi connectivity index (χ3n) is 0.328. The molecular weight excluding hydrogens is 77.6 g/mol. The lowest BCUT2D eigenvalue weighted by Gasteiger charge is -1.96. The number of rotatable bonds is 2. The molecule has 0 atom stereocenters. The van der Waals surface area contributed by atoms with Gasteiger partial charge >= 0.3 is 0 Å². The van der Waals surface area contributed by atoms with E-state index < -0.39 is 0 Å². The quantitative estimate of drug-likeness (QED) is 0.278. The molecule has 0 aliphatic rings. The Morgan fingerprint density at radius 2 is 2.17 bits per heavy atom. The second-order valence-electron chi connectivity index (χ2n) is 1.28. The molecule has 0 rings (SSSR count). The Balaban J connectivity index is 2.81. The van der Waals surface area contributed by atoms with Crippen LogP contribution in [0.1, 0.15) is 0 Å². The first-order chi connectivity index (χ1) is 2.77. The summed E-state index contributed by atoms with van der Waals surface area (Å²) in [5.74, 6) is 0.0301. The maximum atomic E-state index is 9.39. The summed E-state index contributed by atoms with van der Waals surface area (Å²) in [5.41, 5.74) is 0. The fourth-order valence-corrected chi connectivity index (χ4v) is 0.111. The van der Waals surface area contributed by atoms with Crippen molar-refractivity contribution in [3.8, 4) is 0 Å². The van der Waals surface area contributed by atoms with Gasteiger partial charge in [-0.05, 0) is 0 Å². The predicted octanol–water partition coefficient (Wildman–Crippen LogP) is -2.29. The second kappa shape index (κ2) is 2.82. The molecule has 0 amide bonds. The van der Waals surface area contributed by atoms with Crippen LogP contribution in [-0.2, 0) is 9.53 Å². The first-order valence-electron chi connectivity index (χ1n) is 1.86. The van der Waals surface area contributed by atoms with Crippen LogP contribution in [0.5, 0.6) is 0 Å². The Bertz CT molecular complexity index is 44.8. The van der Waals surface area contributed by atoms with Crippen molar-refractivity contribution >= 4 is 22.2 Å². The highest BCUT2D eigenvalue weighted by atomic mass is 16.5. The molecule has 0 spiro atoms. The highest BCUT2D eigenvalue weighted by Gasteiger charge is 1.85. The van der Waals surface area contributed by atoms with E-state index in [0.717, 1.165) is 0 Å². The Hall–Kier alpha value is -0.400. The minimum atomic E-state index is 0.0301. The van der Waals surface area contributed by atoms with Crippen LogP contribution in [0, 0.1) is 0 Å². The van der Waals surface area contributed by atoms with Gasteiger partial charge in [-0.25, -0.2) is 0 Å². The van der Waals surface area contributed by atoms with Crippen LogP contribution < -0.4 is 0 Å². The highest BCUT2D eigenvalue weighted by molar-refractivity contribution is 6.35. The molecule has 0 N–H and O–H groups in total. The summed E-state index contributed by atoms with van der Waals surface area (Å²) in [6.07, 6.45) is 0. The summed E-state index contributed by atoms with van der Waals surface area (Å²) in [7, 11) is 3.60. The van der Waals surface area contributed by atoms with Crippen LogP contribution in [0.3, 0.4) is 0 Å². The van der Waals surface area contributed by atoms with Crippen LogP contribution in [-0.4, -0.2) is 28.1 Å². The number of ether oxygens (including phenoxy) is 1. The molecule has 0 aliphatic heterocycles. The third kappa shape index (κ3) is 3.60. The van der Waals surface area contributed by atoms with Crippen molar-refractivity contribution < 1.29 is 9.53 Å². The van der Waals surface area contributed by atoms with Gasteiger partial charge in [0, 0.05) is 5.90 Å². The fraction of sp³-hybridized carbons (Fsp3) is 0.500. The number of hydrogen-bond acceptors (Lipinski definition) is 2. The maximum Gasteiger partial charge on any atom is 0.291 e. The molecular formula is C2H6B2O2. The predicted molar refractivity (Wildman–Crippen MR) is 28.0 cm³/mol.